The molecule has 0 saturated carbocycles. The molecular formula is C16H21NS. The molecule has 0 aliphatic rings. The second kappa shape index (κ2) is 7.34. The van der Waals surface area contributed by atoms with Crippen LogP contribution >= 0.6 is 11.3 Å². The molecule has 0 aliphatic heterocycles. The fourth-order valence-electron chi connectivity index (χ4n) is 2.12. The first-order valence-electron chi connectivity index (χ1n) is 6.71. The first-order valence-corrected chi connectivity index (χ1v) is 7.59. The topological polar surface area (TPSA) is 12.0 Å². The van der Waals surface area contributed by atoms with Crippen LogP contribution < -0.4 is 5.32 Å². The maximum Gasteiger partial charge on any atom is 0.0323 e. The monoisotopic (exact) mass is 259 g/mol. The minimum absolute atomic E-state index is 0.480. The summed E-state index contributed by atoms with van der Waals surface area (Å²) in [7, 11) is 0. The van der Waals surface area contributed by atoms with Crippen LogP contribution in [0.2, 0.25) is 0 Å². The van der Waals surface area contributed by atoms with Gasteiger partial charge < -0.3 is 5.32 Å². The zero-order chi connectivity index (χ0) is 12.6. The van der Waals surface area contributed by atoms with Gasteiger partial charge in [0.1, 0.15) is 0 Å². The van der Waals surface area contributed by atoms with Crippen LogP contribution in [0.15, 0.2) is 47.8 Å². The molecule has 1 atom stereocenters. The number of unbranched alkanes of at least 4 members (excludes halogenated alkanes) is 1. The van der Waals surface area contributed by atoms with E-state index in [0.29, 0.717) is 6.04 Å². The van der Waals surface area contributed by atoms with Crippen LogP contribution in [0.4, 0.5) is 0 Å². The third kappa shape index (κ3) is 3.97. The molecule has 0 amide bonds. The molecule has 0 bridgehead atoms. The molecule has 2 aromatic rings. The van der Waals surface area contributed by atoms with Crippen LogP contribution in [0.3, 0.4) is 0 Å². The van der Waals surface area contributed by atoms with Gasteiger partial charge in [-0.1, -0.05) is 56.2 Å². The highest BCUT2D eigenvalue weighted by Gasteiger charge is 2.09. The zero-order valence-corrected chi connectivity index (χ0v) is 11.7. The standard InChI is InChI=1S/C16H21NS/c1-2-3-11-16(14-8-5-4-6-9-14)17-13-15-10-7-12-18-15/h4-10,12,16-17H,2-3,11,13H2,1H3. The number of thiophene rings is 1. The molecule has 0 fully saturated rings. The first-order chi connectivity index (χ1) is 8.90. The summed E-state index contributed by atoms with van der Waals surface area (Å²) in [6, 6.07) is 15.6. The lowest BCUT2D eigenvalue weighted by molar-refractivity contribution is 0.483. The predicted octanol–water partition coefficient (Wildman–Crippen LogP) is 4.77. The summed E-state index contributed by atoms with van der Waals surface area (Å²) in [5, 5.41) is 5.82. The van der Waals surface area contributed by atoms with Gasteiger partial charge in [0, 0.05) is 17.5 Å². The zero-order valence-electron chi connectivity index (χ0n) is 10.9. The van der Waals surface area contributed by atoms with Crippen LogP contribution in [0.5, 0.6) is 0 Å². The van der Waals surface area contributed by atoms with Gasteiger partial charge in [0.25, 0.3) is 0 Å². The maximum absolute atomic E-state index is 3.68. The molecule has 1 aromatic carbocycles. The van der Waals surface area contributed by atoms with Gasteiger partial charge >= 0.3 is 0 Å². The van der Waals surface area contributed by atoms with E-state index in [1.54, 1.807) is 0 Å². The summed E-state index contributed by atoms with van der Waals surface area (Å²) < 4.78 is 0. The van der Waals surface area contributed by atoms with Gasteiger partial charge in [-0.3, -0.25) is 0 Å². The van der Waals surface area contributed by atoms with Crippen molar-refractivity contribution in [3.05, 3.63) is 58.3 Å². The Kier molecular flexibility index (Phi) is 5.43. The molecule has 0 radical (unpaired) electrons. The maximum atomic E-state index is 3.68. The van der Waals surface area contributed by atoms with Gasteiger partial charge in [0.2, 0.25) is 0 Å². The molecule has 1 aromatic heterocycles. The molecule has 2 rings (SSSR count). The molecule has 1 unspecified atom stereocenters. The molecule has 96 valence electrons. The number of nitrogens with one attached hydrogen (secondary N) is 1. The van der Waals surface area contributed by atoms with Gasteiger partial charge in [0.05, 0.1) is 0 Å². The van der Waals surface area contributed by atoms with Crippen molar-refractivity contribution < 1.29 is 0 Å². The predicted molar refractivity (Wildman–Crippen MR) is 79.9 cm³/mol. The largest absolute Gasteiger partial charge is 0.305 e. The lowest BCUT2D eigenvalue weighted by Gasteiger charge is -2.18. The second-order valence-electron chi connectivity index (χ2n) is 4.57. The third-order valence-electron chi connectivity index (χ3n) is 3.15. The van der Waals surface area contributed by atoms with E-state index in [1.807, 2.05) is 11.3 Å². The van der Waals surface area contributed by atoms with Gasteiger partial charge in [-0.15, -0.1) is 11.3 Å². The molecule has 1 heterocycles. The lowest BCUT2D eigenvalue weighted by atomic mass is 10.0. The molecular weight excluding hydrogens is 238 g/mol. The van der Waals surface area contributed by atoms with Gasteiger partial charge in [-0.2, -0.15) is 0 Å². The smallest absolute Gasteiger partial charge is 0.0323 e. The van der Waals surface area contributed by atoms with E-state index in [1.165, 1.54) is 29.7 Å². The van der Waals surface area contributed by atoms with Crippen molar-refractivity contribution in [2.24, 2.45) is 0 Å². The Morgan fingerprint density at radius 1 is 1.11 bits per heavy atom. The van der Waals surface area contributed by atoms with Crippen LogP contribution in [0.1, 0.15) is 42.7 Å². The molecule has 18 heavy (non-hydrogen) atoms. The summed E-state index contributed by atoms with van der Waals surface area (Å²) in [4.78, 5) is 1.41. The highest BCUT2D eigenvalue weighted by Crippen LogP contribution is 2.20. The first kappa shape index (κ1) is 13.3. The van der Waals surface area contributed by atoms with E-state index in [-0.39, 0.29) is 0 Å². The minimum atomic E-state index is 0.480. The van der Waals surface area contributed by atoms with E-state index in [9.17, 15) is 0 Å². The highest BCUT2D eigenvalue weighted by molar-refractivity contribution is 7.09. The van der Waals surface area contributed by atoms with Crippen molar-refractivity contribution in [3.63, 3.8) is 0 Å². The van der Waals surface area contributed by atoms with Gasteiger partial charge in [-0.25, -0.2) is 0 Å². The molecule has 1 nitrogen and oxygen atoms in total. The Morgan fingerprint density at radius 3 is 2.61 bits per heavy atom. The van der Waals surface area contributed by atoms with Crippen molar-refractivity contribution in [1.29, 1.82) is 0 Å². The van der Waals surface area contributed by atoms with Gasteiger partial charge in [-0.05, 0) is 23.4 Å². The van der Waals surface area contributed by atoms with Crippen LogP contribution in [0.25, 0.3) is 0 Å². The van der Waals surface area contributed by atoms with Crippen molar-refractivity contribution in [2.75, 3.05) is 0 Å². The van der Waals surface area contributed by atoms with Crippen molar-refractivity contribution >= 4 is 11.3 Å². The molecule has 0 saturated heterocycles. The Balaban J connectivity index is 1.96. The highest BCUT2D eigenvalue weighted by atomic mass is 32.1. The summed E-state index contributed by atoms with van der Waals surface area (Å²) in [5.41, 5.74) is 1.41. The lowest BCUT2D eigenvalue weighted by Crippen LogP contribution is -2.20. The third-order valence-corrected chi connectivity index (χ3v) is 4.03. The number of rotatable bonds is 7. The average Bonchev–Trinajstić information content (AvgIpc) is 2.93. The molecule has 2 heteroatoms. The SMILES string of the molecule is CCCCC(NCc1cccs1)c1ccccc1. The number of hydrogen-bond donors (Lipinski definition) is 1. The summed E-state index contributed by atoms with van der Waals surface area (Å²) >= 11 is 1.82. The Labute approximate surface area is 114 Å². The number of hydrogen-bond acceptors (Lipinski definition) is 2. The van der Waals surface area contributed by atoms with Crippen LogP contribution in [-0.2, 0) is 6.54 Å². The summed E-state index contributed by atoms with van der Waals surface area (Å²) in [5.74, 6) is 0. The Hall–Kier alpha value is -1.12. The van der Waals surface area contributed by atoms with Crippen molar-refractivity contribution in [1.82, 2.24) is 5.32 Å². The second-order valence-corrected chi connectivity index (χ2v) is 5.60. The Morgan fingerprint density at radius 2 is 1.94 bits per heavy atom. The van der Waals surface area contributed by atoms with Crippen LogP contribution in [0, 0.1) is 0 Å². The normalized spacial score (nSPS) is 12.5. The molecule has 1 N–H and O–H groups in total. The fraction of sp³-hybridized carbons (Fsp3) is 0.375. The molecule has 0 spiro atoms. The molecule has 0 aliphatic carbocycles. The quantitative estimate of drug-likeness (QED) is 0.755. The average molecular weight is 259 g/mol. The van der Waals surface area contributed by atoms with E-state index in [4.69, 9.17) is 0 Å². The van der Waals surface area contributed by atoms with Crippen molar-refractivity contribution in [2.45, 2.75) is 38.8 Å². The van der Waals surface area contributed by atoms with Gasteiger partial charge in [0.15, 0.2) is 0 Å². The van der Waals surface area contributed by atoms with E-state index in [2.05, 4.69) is 60.1 Å². The Bertz CT molecular complexity index is 422. The number of benzene rings is 1. The van der Waals surface area contributed by atoms with Crippen molar-refractivity contribution in [3.8, 4) is 0 Å². The fourth-order valence-corrected chi connectivity index (χ4v) is 2.77. The summed E-state index contributed by atoms with van der Waals surface area (Å²) in [6.07, 6.45) is 3.74. The minimum Gasteiger partial charge on any atom is -0.305 e. The van der Waals surface area contributed by atoms with E-state index < -0.39 is 0 Å². The van der Waals surface area contributed by atoms with E-state index in [0.717, 1.165) is 6.54 Å². The van der Waals surface area contributed by atoms with E-state index >= 15 is 0 Å². The summed E-state index contributed by atoms with van der Waals surface area (Å²) in [6.45, 7) is 3.22. The van der Waals surface area contributed by atoms with Crippen LogP contribution in [-0.4, -0.2) is 0 Å².